The van der Waals surface area contributed by atoms with E-state index in [0.717, 1.165) is 12.8 Å². The fourth-order valence-electron chi connectivity index (χ4n) is 8.71. The van der Waals surface area contributed by atoms with Crippen molar-refractivity contribution in [1.82, 2.24) is 0 Å². The molecule has 0 saturated heterocycles. The molecule has 7 nitrogen and oxygen atoms in total. The molecule has 178 valence electrons. The molecule has 4 saturated carbocycles. The van der Waals surface area contributed by atoms with E-state index < -0.39 is 29.1 Å². The van der Waals surface area contributed by atoms with Crippen LogP contribution in [0.3, 0.4) is 0 Å². The SMILES string of the molecule is C[C@H](CCC(=O)O)[C@H]1CC[C@H]2[C@H]3[C@H](C[C@H](O)[C@]12C)[C@@]1(C)CCC(O)(O)C[C@H]1CC3(O)O. The fourth-order valence-corrected chi connectivity index (χ4v) is 8.71. The molecule has 4 rings (SSSR count). The fraction of sp³-hybridized carbons (Fsp3) is 0.958. The number of aliphatic hydroxyl groups excluding tert-OH is 1. The van der Waals surface area contributed by atoms with Gasteiger partial charge >= 0.3 is 5.97 Å². The van der Waals surface area contributed by atoms with Crippen LogP contribution in [0.5, 0.6) is 0 Å². The van der Waals surface area contributed by atoms with E-state index in [0.29, 0.717) is 19.3 Å². The molecule has 0 heterocycles. The van der Waals surface area contributed by atoms with Gasteiger partial charge in [0.25, 0.3) is 0 Å². The summed E-state index contributed by atoms with van der Waals surface area (Å²) in [6.45, 7) is 6.27. The molecule has 0 radical (unpaired) electrons. The lowest BCUT2D eigenvalue weighted by Crippen LogP contribution is -2.67. The molecule has 0 aromatic carbocycles. The molecule has 0 amide bonds. The van der Waals surface area contributed by atoms with Gasteiger partial charge in [-0.25, -0.2) is 0 Å². The van der Waals surface area contributed by atoms with Gasteiger partial charge < -0.3 is 30.6 Å². The van der Waals surface area contributed by atoms with Crippen LogP contribution in [0.25, 0.3) is 0 Å². The molecule has 0 spiro atoms. The van der Waals surface area contributed by atoms with Crippen molar-refractivity contribution in [3.8, 4) is 0 Å². The number of aliphatic hydroxyl groups is 5. The van der Waals surface area contributed by atoms with E-state index in [1.165, 1.54) is 0 Å². The maximum Gasteiger partial charge on any atom is 0.303 e. The van der Waals surface area contributed by atoms with Gasteiger partial charge in [0.2, 0.25) is 0 Å². The van der Waals surface area contributed by atoms with Crippen molar-refractivity contribution in [3.05, 3.63) is 0 Å². The summed E-state index contributed by atoms with van der Waals surface area (Å²) >= 11 is 0. The molecule has 6 N–H and O–H groups in total. The van der Waals surface area contributed by atoms with E-state index in [1.807, 2.05) is 0 Å². The van der Waals surface area contributed by atoms with Crippen LogP contribution in [-0.4, -0.2) is 54.3 Å². The molecule has 31 heavy (non-hydrogen) atoms. The first-order valence-corrected chi connectivity index (χ1v) is 12.0. The smallest absolute Gasteiger partial charge is 0.303 e. The van der Waals surface area contributed by atoms with Gasteiger partial charge in [0.15, 0.2) is 11.6 Å². The minimum absolute atomic E-state index is 0.0544. The van der Waals surface area contributed by atoms with Crippen molar-refractivity contribution < 1.29 is 35.4 Å². The average molecular weight is 441 g/mol. The van der Waals surface area contributed by atoms with E-state index in [1.54, 1.807) is 0 Å². The highest BCUT2D eigenvalue weighted by molar-refractivity contribution is 5.66. The molecule has 0 bridgehead atoms. The predicted octanol–water partition coefficient (Wildman–Crippen LogP) is 2.09. The van der Waals surface area contributed by atoms with Gasteiger partial charge in [0.1, 0.15) is 0 Å². The first-order chi connectivity index (χ1) is 14.2. The average Bonchev–Trinajstić information content (AvgIpc) is 3.00. The van der Waals surface area contributed by atoms with Gasteiger partial charge in [0, 0.05) is 31.6 Å². The zero-order valence-corrected chi connectivity index (χ0v) is 19.0. The predicted molar refractivity (Wildman–Crippen MR) is 112 cm³/mol. The minimum Gasteiger partial charge on any atom is -0.481 e. The minimum atomic E-state index is -1.91. The van der Waals surface area contributed by atoms with Crippen LogP contribution in [0, 0.1) is 46.3 Å². The summed E-state index contributed by atoms with van der Waals surface area (Å²) < 4.78 is 0. The maximum atomic E-state index is 11.5. The number of hydrogen-bond donors (Lipinski definition) is 6. The zero-order valence-electron chi connectivity index (χ0n) is 19.0. The Morgan fingerprint density at radius 3 is 2.35 bits per heavy atom. The lowest BCUT2D eigenvalue weighted by molar-refractivity contribution is -0.329. The second-order valence-electron chi connectivity index (χ2n) is 11.9. The van der Waals surface area contributed by atoms with Gasteiger partial charge in [-0.3, -0.25) is 4.79 Å². The van der Waals surface area contributed by atoms with Crippen LogP contribution < -0.4 is 0 Å². The lowest BCUT2D eigenvalue weighted by Gasteiger charge is -2.65. The molecule has 4 aliphatic carbocycles. The summed E-state index contributed by atoms with van der Waals surface area (Å²) in [4.78, 5) is 11.1. The summed E-state index contributed by atoms with van der Waals surface area (Å²) in [5.41, 5.74) is -0.755. The molecule has 9 atom stereocenters. The molecular formula is C24H40O7. The Hall–Kier alpha value is -0.730. The third-order valence-electron chi connectivity index (χ3n) is 10.4. The topological polar surface area (TPSA) is 138 Å². The highest BCUT2D eigenvalue weighted by Gasteiger charge is 2.69. The molecule has 0 aromatic heterocycles. The van der Waals surface area contributed by atoms with Gasteiger partial charge in [-0.15, -0.1) is 0 Å². The number of hydrogen-bond acceptors (Lipinski definition) is 6. The Bertz CT molecular complexity index is 721. The molecule has 4 aliphatic rings. The Labute approximate surface area is 184 Å². The monoisotopic (exact) mass is 440 g/mol. The molecule has 0 aromatic rings. The maximum absolute atomic E-state index is 11.5. The van der Waals surface area contributed by atoms with Crippen LogP contribution in [0.4, 0.5) is 0 Å². The van der Waals surface area contributed by atoms with E-state index in [9.17, 15) is 30.3 Å². The molecule has 7 heteroatoms. The number of rotatable bonds is 4. The highest BCUT2D eigenvalue weighted by Crippen LogP contribution is 2.70. The van der Waals surface area contributed by atoms with E-state index >= 15 is 0 Å². The van der Waals surface area contributed by atoms with Crippen LogP contribution in [-0.2, 0) is 4.79 Å². The van der Waals surface area contributed by atoms with Gasteiger partial charge in [-0.1, -0.05) is 20.8 Å². The standard InChI is InChI=1S/C24H40O7/c1-13(4-7-19(26)27)15-5-6-16-20-17(10-18(25)22(15,16)3)21(2)8-9-23(28,29)11-14(21)12-24(20,30)31/h13-18,20,25,28-31H,4-12H2,1-3H3,(H,26,27)/t13-,14+,15-,16+,17+,18+,20+,21+,22-/m1/s1. The number of fused-ring (bicyclic) bond motifs is 5. The van der Waals surface area contributed by atoms with Crippen LogP contribution in [0.1, 0.15) is 78.6 Å². The second kappa shape index (κ2) is 7.39. The van der Waals surface area contributed by atoms with E-state index in [-0.39, 0.29) is 66.6 Å². The summed E-state index contributed by atoms with van der Waals surface area (Å²) in [7, 11) is 0. The Morgan fingerprint density at radius 1 is 1.03 bits per heavy atom. The number of aliphatic carboxylic acids is 1. The summed E-state index contributed by atoms with van der Waals surface area (Å²) in [5.74, 6) is -4.97. The Morgan fingerprint density at radius 2 is 1.71 bits per heavy atom. The Kier molecular flexibility index (Phi) is 5.58. The third kappa shape index (κ3) is 3.55. The molecule has 4 fully saturated rings. The molecule has 0 unspecified atom stereocenters. The summed E-state index contributed by atoms with van der Waals surface area (Å²) in [6.07, 6.45) is 3.29. The van der Waals surface area contributed by atoms with Gasteiger partial charge in [0.05, 0.1) is 6.10 Å². The highest BCUT2D eigenvalue weighted by atomic mass is 16.5. The van der Waals surface area contributed by atoms with Gasteiger partial charge in [-0.2, -0.15) is 0 Å². The van der Waals surface area contributed by atoms with Crippen molar-refractivity contribution in [1.29, 1.82) is 0 Å². The first-order valence-electron chi connectivity index (χ1n) is 12.0. The van der Waals surface area contributed by atoms with Crippen molar-refractivity contribution in [2.24, 2.45) is 46.3 Å². The second-order valence-corrected chi connectivity index (χ2v) is 11.9. The first kappa shape index (κ1) is 23.4. The van der Waals surface area contributed by atoms with E-state index in [4.69, 9.17) is 5.11 Å². The molecular weight excluding hydrogens is 400 g/mol. The van der Waals surface area contributed by atoms with Crippen molar-refractivity contribution in [2.75, 3.05) is 0 Å². The molecule has 0 aliphatic heterocycles. The van der Waals surface area contributed by atoms with Crippen molar-refractivity contribution in [2.45, 2.75) is 96.2 Å². The van der Waals surface area contributed by atoms with Crippen LogP contribution >= 0.6 is 0 Å². The Balaban J connectivity index is 1.66. The number of carbonyl (C=O) groups is 1. The number of carboxylic acids is 1. The van der Waals surface area contributed by atoms with Crippen molar-refractivity contribution >= 4 is 5.97 Å². The number of carboxylic acid groups (broad SMARTS) is 1. The summed E-state index contributed by atoms with van der Waals surface area (Å²) in [5, 5.41) is 63.6. The van der Waals surface area contributed by atoms with Gasteiger partial charge in [-0.05, 0) is 72.5 Å². The van der Waals surface area contributed by atoms with Crippen LogP contribution in [0.15, 0.2) is 0 Å². The van der Waals surface area contributed by atoms with Crippen molar-refractivity contribution in [3.63, 3.8) is 0 Å². The lowest BCUT2D eigenvalue weighted by atomic mass is 9.42. The summed E-state index contributed by atoms with van der Waals surface area (Å²) in [6, 6.07) is 0. The zero-order chi connectivity index (χ0) is 23.0. The quantitative estimate of drug-likeness (QED) is 0.368. The largest absolute Gasteiger partial charge is 0.481 e. The normalized spacial score (nSPS) is 48.9. The third-order valence-corrected chi connectivity index (χ3v) is 10.4. The van der Waals surface area contributed by atoms with Crippen LogP contribution in [0.2, 0.25) is 0 Å². The van der Waals surface area contributed by atoms with E-state index in [2.05, 4.69) is 20.8 Å².